The number of benzene rings is 2. The smallest absolute Gasteiger partial charge is 0.870 e. The van der Waals surface area contributed by atoms with E-state index < -0.39 is 20.1 Å². The van der Waals surface area contributed by atoms with Crippen LogP contribution < -0.4 is 55.7 Å². The molecule has 0 saturated carbocycles. The summed E-state index contributed by atoms with van der Waals surface area (Å²) in [7, 11) is -1.81. The zero-order valence-electron chi connectivity index (χ0n) is 21.8. The van der Waals surface area contributed by atoms with Gasteiger partial charge in [-0.3, -0.25) is 4.79 Å². The number of fused-ring (bicyclic) bond motifs is 2. The van der Waals surface area contributed by atoms with Crippen molar-refractivity contribution < 1.29 is 68.7 Å². The molecule has 6 rings (SSSR count). The van der Waals surface area contributed by atoms with Crippen LogP contribution in [0.5, 0.6) is 23.3 Å². The van der Waals surface area contributed by atoms with Gasteiger partial charge in [-0.2, -0.15) is 5.26 Å². The number of hydrogen-bond acceptors (Lipinski definition) is 11. The van der Waals surface area contributed by atoms with Crippen LogP contribution in [0.2, 0.25) is 0 Å². The van der Waals surface area contributed by atoms with E-state index in [4.69, 9.17) is 29.8 Å². The van der Waals surface area contributed by atoms with Crippen LogP contribution in [0.3, 0.4) is 0 Å². The summed E-state index contributed by atoms with van der Waals surface area (Å²) in [5.41, 5.74) is 9.21. The van der Waals surface area contributed by atoms with Crippen LogP contribution in [0.1, 0.15) is 27.0 Å². The Labute approximate surface area is 257 Å². The summed E-state index contributed by atoms with van der Waals surface area (Å²) in [5, 5.41) is 27.9. The molecule has 0 fully saturated rings. The second-order valence-electron chi connectivity index (χ2n) is 8.50. The number of aromatic nitrogens is 2. The molecule has 41 heavy (non-hydrogen) atoms. The maximum Gasteiger partial charge on any atom is 1.00 e. The van der Waals surface area contributed by atoms with Gasteiger partial charge in [-0.15, -0.1) is 0 Å². The molecule has 15 heteroatoms. The summed E-state index contributed by atoms with van der Waals surface area (Å²) in [6.45, 7) is 0.800. The molecule has 2 aliphatic heterocycles. The summed E-state index contributed by atoms with van der Waals surface area (Å²) in [5.74, 6) is 1.30. The maximum atomic E-state index is 10.9. The van der Waals surface area contributed by atoms with E-state index in [2.05, 4.69) is 9.97 Å². The van der Waals surface area contributed by atoms with Gasteiger partial charge in [-0.25, -0.2) is 9.97 Å². The summed E-state index contributed by atoms with van der Waals surface area (Å²) in [6.07, 6.45) is 2.80. The molecule has 5 N–H and O–H groups in total. The monoisotopic (exact) mass is 562 g/mol. The molecular formula is C26H21B2N4NaO8. The van der Waals surface area contributed by atoms with Crippen molar-refractivity contribution in [3.05, 3.63) is 95.3 Å². The largest absolute Gasteiger partial charge is 1.00 e. The van der Waals surface area contributed by atoms with Crippen LogP contribution in [-0.4, -0.2) is 45.6 Å². The van der Waals surface area contributed by atoms with Crippen LogP contribution in [0, 0.1) is 11.3 Å². The first kappa shape index (κ1) is 31.8. The van der Waals surface area contributed by atoms with Crippen molar-refractivity contribution in [3.8, 4) is 29.3 Å². The Bertz CT molecular complexity index is 1560. The van der Waals surface area contributed by atoms with E-state index >= 15 is 0 Å². The Morgan fingerprint density at radius 3 is 1.78 bits per heavy atom. The van der Waals surface area contributed by atoms with Gasteiger partial charge in [0, 0.05) is 24.5 Å². The Morgan fingerprint density at radius 2 is 1.37 bits per heavy atom. The van der Waals surface area contributed by atoms with E-state index in [0.29, 0.717) is 58.5 Å². The number of carbonyl (C=O) groups excluding carboxylic acids is 1. The third kappa shape index (κ3) is 7.70. The fourth-order valence-electron chi connectivity index (χ4n) is 3.85. The molecule has 0 aliphatic carbocycles. The number of pyridine rings is 2. The summed E-state index contributed by atoms with van der Waals surface area (Å²) < 4.78 is 21.3. The molecule has 2 aromatic carbocycles. The van der Waals surface area contributed by atoms with Crippen molar-refractivity contribution in [2.24, 2.45) is 5.73 Å². The number of nitrogens with zero attached hydrogens (tertiary/aromatic N) is 3. The zero-order chi connectivity index (χ0) is 27.4. The maximum absolute atomic E-state index is 10.9. The van der Waals surface area contributed by atoms with Crippen molar-refractivity contribution >= 4 is 31.1 Å². The van der Waals surface area contributed by atoms with Gasteiger partial charge in [0.2, 0.25) is 17.7 Å². The molecule has 4 aromatic rings. The minimum absolute atomic E-state index is 0. The second-order valence-corrected chi connectivity index (χ2v) is 8.50. The van der Waals surface area contributed by atoms with E-state index in [0.717, 1.165) is 11.1 Å². The topological polar surface area (TPSA) is 200 Å². The first-order chi connectivity index (χ1) is 18.9. The minimum atomic E-state index is -0.918. The molecule has 200 valence electrons. The predicted octanol–water partition coefficient (Wildman–Crippen LogP) is -2.02. The molecule has 12 nitrogen and oxygen atoms in total. The molecule has 0 radical (unpaired) electrons. The summed E-state index contributed by atoms with van der Waals surface area (Å²) >= 11 is 0. The van der Waals surface area contributed by atoms with Gasteiger partial charge in [0.05, 0.1) is 24.3 Å². The predicted molar refractivity (Wildman–Crippen MR) is 141 cm³/mol. The van der Waals surface area contributed by atoms with Gasteiger partial charge in [0.25, 0.3) is 0 Å². The van der Waals surface area contributed by atoms with Crippen LogP contribution in [-0.2, 0) is 22.5 Å². The van der Waals surface area contributed by atoms with Gasteiger partial charge in [-0.1, -0.05) is 12.1 Å². The van der Waals surface area contributed by atoms with Gasteiger partial charge in [0.1, 0.15) is 17.6 Å². The molecular weight excluding hydrogens is 541 g/mol. The van der Waals surface area contributed by atoms with Crippen molar-refractivity contribution in [2.45, 2.75) is 13.2 Å². The van der Waals surface area contributed by atoms with Crippen LogP contribution in [0.4, 0.5) is 0 Å². The third-order valence-corrected chi connectivity index (χ3v) is 5.89. The number of ether oxygens (including phenoxy) is 2. The standard InChI is InChI=1S/C13H11BN2O4.C13H9BN2O3.Na.H2O/c15-13(17)8-2-4-12(16-6-8)20-10-3-1-9-7-19-14(18)11(9)5-10;15-6-9-1-4-13(16-7-9)19-11-3-2-10-8-18-14(17)12(10)5-11;;/h1-6,18H,7H2,(H2,15,17);1-5,7,17H,8H2;;1H2/q;;+1;/p-1. The minimum Gasteiger partial charge on any atom is -0.870 e. The van der Waals surface area contributed by atoms with Gasteiger partial charge >= 0.3 is 43.8 Å². The zero-order valence-corrected chi connectivity index (χ0v) is 23.8. The first-order valence-corrected chi connectivity index (χ1v) is 11.7. The Balaban J connectivity index is 0.000000215. The first-order valence-electron chi connectivity index (χ1n) is 11.7. The second kappa shape index (κ2) is 14.2. The molecule has 0 spiro atoms. The molecule has 2 aromatic heterocycles. The van der Waals surface area contributed by atoms with Crippen LogP contribution in [0.25, 0.3) is 0 Å². The third-order valence-electron chi connectivity index (χ3n) is 5.89. The Morgan fingerprint density at radius 1 is 0.854 bits per heavy atom. The van der Waals surface area contributed by atoms with Gasteiger partial charge < -0.3 is 40.0 Å². The van der Waals surface area contributed by atoms with Crippen LogP contribution >= 0.6 is 0 Å². The van der Waals surface area contributed by atoms with Crippen molar-refractivity contribution in [1.82, 2.24) is 9.97 Å². The Hall–Kier alpha value is -3.77. The van der Waals surface area contributed by atoms with E-state index in [1.165, 1.54) is 18.5 Å². The average Bonchev–Trinajstić information content (AvgIpc) is 3.51. The van der Waals surface area contributed by atoms with Crippen molar-refractivity contribution in [3.63, 3.8) is 0 Å². The number of nitrogens with two attached hydrogens (primary N) is 1. The number of rotatable bonds is 5. The van der Waals surface area contributed by atoms with E-state index in [1.807, 2.05) is 18.2 Å². The van der Waals surface area contributed by atoms with Gasteiger partial charge in [0.15, 0.2) is 0 Å². The summed E-state index contributed by atoms with van der Waals surface area (Å²) in [6, 6.07) is 19.0. The van der Waals surface area contributed by atoms with Gasteiger partial charge in [-0.05, 0) is 58.5 Å². The van der Waals surface area contributed by atoms with E-state index in [-0.39, 0.29) is 35.0 Å². The number of amides is 1. The van der Waals surface area contributed by atoms with Crippen molar-refractivity contribution in [2.75, 3.05) is 0 Å². The quantitative estimate of drug-likeness (QED) is 0.227. The molecule has 1 amide bonds. The normalized spacial score (nSPS) is 12.4. The average molecular weight is 562 g/mol. The SMILES string of the molecule is N#Cc1ccc(Oc2ccc3c(c2)B(O)OC3)nc1.NC(=O)c1ccc(Oc2ccc3c(c2)B(O)OC3)nc1.[Na+].[OH-]. The molecule has 0 saturated heterocycles. The molecule has 0 atom stereocenters. The molecule has 4 heterocycles. The number of nitriles is 1. The molecule has 0 unspecified atom stereocenters. The van der Waals surface area contributed by atoms with Crippen molar-refractivity contribution in [1.29, 1.82) is 5.26 Å². The fraction of sp³-hybridized carbons (Fsp3) is 0.0769. The van der Waals surface area contributed by atoms with Crippen LogP contribution in [0.15, 0.2) is 73.1 Å². The molecule has 0 bridgehead atoms. The van der Waals surface area contributed by atoms with E-state index in [9.17, 15) is 14.8 Å². The molecule has 2 aliphatic rings. The number of hydrogen-bond donors (Lipinski definition) is 3. The number of primary amides is 1. The number of carbonyl (C=O) groups is 1. The Kier molecular flexibility index (Phi) is 11.0. The fourth-order valence-corrected chi connectivity index (χ4v) is 3.85. The summed E-state index contributed by atoms with van der Waals surface area (Å²) in [4.78, 5) is 18.9. The van der Waals surface area contributed by atoms with E-state index in [1.54, 1.807) is 42.5 Å².